The predicted molar refractivity (Wildman–Crippen MR) is 136 cm³/mol. The number of hydrogen-bond donors (Lipinski definition) is 2. The molecule has 0 radical (unpaired) electrons. The molecule has 9 heteroatoms. The summed E-state index contributed by atoms with van der Waals surface area (Å²) in [4.78, 5) is 31.0. The predicted octanol–water partition coefficient (Wildman–Crippen LogP) is 3.93. The van der Waals surface area contributed by atoms with Crippen molar-refractivity contribution in [2.75, 3.05) is 43.4 Å². The summed E-state index contributed by atoms with van der Waals surface area (Å²) in [5.41, 5.74) is 0.675. The van der Waals surface area contributed by atoms with Gasteiger partial charge in [-0.15, -0.1) is 12.4 Å². The van der Waals surface area contributed by atoms with E-state index in [-0.39, 0.29) is 35.3 Å². The second kappa shape index (κ2) is 10.4. The molecular weight excluding hydrogens is 459 g/mol. The molecule has 1 aromatic heterocycles. The Labute approximate surface area is 204 Å². The van der Waals surface area contributed by atoms with Crippen molar-refractivity contribution >= 4 is 40.6 Å². The van der Waals surface area contributed by atoms with Gasteiger partial charge in [0.05, 0.1) is 10.9 Å². The molecule has 0 saturated carbocycles. The van der Waals surface area contributed by atoms with E-state index in [1.165, 1.54) is 18.2 Å². The number of fused-ring (bicyclic) bond motifs is 1. The van der Waals surface area contributed by atoms with E-state index in [9.17, 15) is 19.1 Å². The zero-order chi connectivity index (χ0) is 23.7. The van der Waals surface area contributed by atoms with Gasteiger partial charge in [0.2, 0.25) is 0 Å². The molecule has 7 nitrogen and oxygen atoms in total. The van der Waals surface area contributed by atoms with E-state index < -0.39 is 17.3 Å². The van der Waals surface area contributed by atoms with Crippen LogP contribution in [-0.4, -0.2) is 53.7 Å². The van der Waals surface area contributed by atoms with Gasteiger partial charge in [-0.3, -0.25) is 9.59 Å². The zero-order valence-corrected chi connectivity index (χ0v) is 20.4. The van der Waals surface area contributed by atoms with Crippen LogP contribution in [0, 0.1) is 11.7 Å². The van der Waals surface area contributed by atoms with Crippen molar-refractivity contribution in [1.29, 1.82) is 0 Å². The van der Waals surface area contributed by atoms with Gasteiger partial charge in [0, 0.05) is 44.1 Å². The number of aromatic hydroxyl groups is 1. The summed E-state index contributed by atoms with van der Waals surface area (Å²) < 4.78 is 15.2. The van der Waals surface area contributed by atoms with Crippen LogP contribution >= 0.6 is 12.4 Å². The van der Waals surface area contributed by atoms with Gasteiger partial charge in [0.15, 0.2) is 0 Å². The highest BCUT2D eigenvalue weighted by atomic mass is 35.5. The van der Waals surface area contributed by atoms with E-state index in [4.69, 9.17) is 0 Å². The summed E-state index contributed by atoms with van der Waals surface area (Å²) in [5, 5.41) is 14.3. The van der Waals surface area contributed by atoms with Gasteiger partial charge in [-0.1, -0.05) is 26.0 Å². The smallest absolute Gasteiger partial charge is 0.267 e. The molecule has 182 valence electrons. The minimum atomic E-state index is -0.768. The van der Waals surface area contributed by atoms with E-state index in [1.54, 1.807) is 10.6 Å². The number of halogens is 2. The number of hydrogen-bond acceptors (Lipinski definition) is 5. The van der Waals surface area contributed by atoms with E-state index in [2.05, 4.69) is 22.2 Å². The average Bonchev–Trinajstić information content (AvgIpc) is 2.76. The highest BCUT2D eigenvalue weighted by Crippen LogP contribution is 2.36. The molecule has 1 saturated heterocycles. The van der Waals surface area contributed by atoms with E-state index in [1.807, 2.05) is 26.0 Å². The molecule has 0 atom stereocenters. The molecule has 1 amide bonds. The number of amides is 1. The number of carbonyl (C=O) groups is 1. The number of anilines is 2. The Kier molecular flexibility index (Phi) is 7.84. The van der Waals surface area contributed by atoms with Crippen molar-refractivity contribution in [3.8, 4) is 5.75 Å². The number of nitrogens with zero attached hydrogens (tertiary/aromatic N) is 3. The van der Waals surface area contributed by atoms with Crippen LogP contribution in [-0.2, 0) is 6.54 Å². The lowest BCUT2D eigenvalue weighted by Gasteiger charge is -2.35. The Morgan fingerprint density at radius 3 is 2.44 bits per heavy atom. The topological polar surface area (TPSA) is 77.8 Å². The summed E-state index contributed by atoms with van der Waals surface area (Å²) in [6, 6.07) is 11.0. The zero-order valence-electron chi connectivity index (χ0n) is 19.5. The minimum absolute atomic E-state index is 0. The van der Waals surface area contributed by atoms with Crippen LogP contribution in [0.25, 0.3) is 10.9 Å². The minimum Gasteiger partial charge on any atom is -0.506 e. The Bertz CT molecular complexity index is 1250. The van der Waals surface area contributed by atoms with E-state index in [0.29, 0.717) is 17.4 Å². The SMILES string of the molecule is CC(C)Cn1c(=O)c(C(=O)Nc2cccc(F)c2)c(O)c2c(N3CCN(C)CC3)cccc21.Cl. The Hall–Kier alpha value is -3.10. The molecule has 0 spiro atoms. The monoisotopic (exact) mass is 488 g/mol. The average molecular weight is 489 g/mol. The first-order valence-corrected chi connectivity index (χ1v) is 11.1. The summed E-state index contributed by atoms with van der Waals surface area (Å²) in [7, 11) is 2.06. The maximum atomic E-state index is 13.6. The normalized spacial score (nSPS) is 14.3. The van der Waals surface area contributed by atoms with Crippen LogP contribution in [0.2, 0.25) is 0 Å². The largest absolute Gasteiger partial charge is 0.506 e. The van der Waals surface area contributed by atoms with Gasteiger partial charge in [0.25, 0.3) is 11.5 Å². The van der Waals surface area contributed by atoms with Crippen molar-refractivity contribution in [3.05, 3.63) is 64.2 Å². The maximum Gasteiger partial charge on any atom is 0.267 e. The number of nitrogens with one attached hydrogen (secondary N) is 1. The van der Waals surface area contributed by atoms with Crippen molar-refractivity contribution < 1.29 is 14.3 Å². The third-order valence-electron chi connectivity index (χ3n) is 5.95. The molecule has 1 aliphatic rings. The molecule has 1 fully saturated rings. The molecule has 34 heavy (non-hydrogen) atoms. The fourth-order valence-electron chi connectivity index (χ4n) is 4.29. The standard InChI is InChI=1S/C25H29FN4O3.ClH/c1-16(2)15-30-20-9-5-8-19(29-12-10-28(3)11-13-29)21(20)23(31)22(25(30)33)24(32)27-18-7-4-6-17(26)14-18;/h4-9,14,16,31H,10-13,15H2,1-3H3,(H,27,32);1H. The van der Waals surface area contributed by atoms with E-state index in [0.717, 1.165) is 37.9 Å². The second-order valence-electron chi connectivity index (χ2n) is 8.96. The van der Waals surface area contributed by atoms with Crippen LogP contribution in [0.15, 0.2) is 47.3 Å². The maximum absolute atomic E-state index is 13.6. The Morgan fingerprint density at radius 2 is 1.79 bits per heavy atom. The molecule has 2 N–H and O–H groups in total. The first kappa shape index (κ1) is 25.5. The molecule has 4 rings (SSSR count). The summed E-state index contributed by atoms with van der Waals surface area (Å²) in [6.07, 6.45) is 0. The highest BCUT2D eigenvalue weighted by Gasteiger charge is 2.26. The number of carbonyl (C=O) groups excluding carboxylic acids is 1. The van der Waals surface area contributed by atoms with Crippen molar-refractivity contribution in [1.82, 2.24) is 9.47 Å². The first-order chi connectivity index (χ1) is 15.8. The number of piperazine rings is 1. The van der Waals surface area contributed by atoms with Gasteiger partial charge < -0.3 is 24.8 Å². The second-order valence-corrected chi connectivity index (χ2v) is 8.96. The number of benzene rings is 2. The fourth-order valence-corrected chi connectivity index (χ4v) is 4.29. The molecule has 3 aromatic rings. The summed E-state index contributed by atoms with van der Waals surface area (Å²) in [6.45, 7) is 7.64. The van der Waals surface area contributed by atoms with Crippen molar-refractivity contribution in [2.45, 2.75) is 20.4 Å². The van der Waals surface area contributed by atoms with Crippen molar-refractivity contribution in [2.24, 2.45) is 5.92 Å². The van der Waals surface area contributed by atoms with Gasteiger partial charge >= 0.3 is 0 Å². The van der Waals surface area contributed by atoms with Crippen molar-refractivity contribution in [3.63, 3.8) is 0 Å². The Balaban J connectivity index is 0.00000324. The molecule has 0 unspecified atom stereocenters. The number of likely N-dealkylation sites (N-methyl/N-ethyl adjacent to an activating group) is 1. The summed E-state index contributed by atoms with van der Waals surface area (Å²) >= 11 is 0. The number of aromatic nitrogens is 1. The quantitative estimate of drug-likeness (QED) is 0.569. The van der Waals surface area contributed by atoms with Gasteiger partial charge in [-0.05, 0) is 43.3 Å². The van der Waals surface area contributed by atoms with Gasteiger partial charge in [-0.25, -0.2) is 4.39 Å². The fraction of sp³-hybridized carbons (Fsp3) is 0.360. The molecule has 0 bridgehead atoms. The van der Waals surface area contributed by atoms with Crippen LogP contribution in [0.1, 0.15) is 24.2 Å². The number of rotatable bonds is 5. The van der Waals surface area contributed by atoms with Crippen LogP contribution in [0.4, 0.5) is 15.8 Å². The third kappa shape index (κ3) is 5.03. The summed E-state index contributed by atoms with van der Waals surface area (Å²) in [5.74, 6) is -1.49. The van der Waals surface area contributed by atoms with Crippen LogP contribution < -0.4 is 15.8 Å². The lowest BCUT2D eigenvalue weighted by molar-refractivity contribution is 0.102. The highest BCUT2D eigenvalue weighted by molar-refractivity contribution is 6.11. The molecular formula is C25H30ClFN4O3. The molecule has 2 aromatic carbocycles. The number of pyridine rings is 1. The molecule has 0 aliphatic carbocycles. The molecule has 1 aliphatic heterocycles. The van der Waals surface area contributed by atoms with E-state index >= 15 is 0 Å². The van der Waals surface area contributed by atoms with Gasteiger partial charge in [0.1, 0.15) is 17.1 Å². The van der Waals surface area contributed by atoms with Crippen LogP contribution in [0.3, 0.4) is 0 Å². The van der Waals surface area contributed by atoms with Crippen LogP contribution in [0.5, 0.6) is 5.75 Å². The Morgan fingerprint density at radius 1 is 1.12 bits per heavy atom. The lowest BCUT2D eigenvalue weighted by Crippen LogP contribution is -2.44. The molecule has 2 heterocycles. The first-order valence-electron chi connectivity index (χ1n) is 11.1. The lowest BCUT2D eigenvalue weighted by atomic mass is 10.0. The third-order valence-corrected chi connectivity index (χ3v) is 5.95. The van der Waals surface area contributed by atoms with Gasteiger partial charge in [-0.2, -0.15) is 0 Å².